The van der Waals surface area contributed by atoms with Crippen molar-refractivity contribution in [3.63, 3.8) is 0 Å². The smallest absolute Gasteiger partial charge is 0.260 e. The normalized spacial score (nSPS) is 16.2. The molecule has 1 aliphatic rings. The summed E-state index contributed by atoms with van der Waals surface area (Å²) in [7, 11) is 0. The van der Waals surface area contributed by atoms with Crippen molar-refractivity contribution in [2.75, 3.05) is 44.8 Å². The Hall–Kier alpha value is -2.12. The van der Waals surface area contributed by atoms with E-state index in [0.717, 1.165) is 19.3 Å². The Kier molecular flexibility index (Phi) is 9.41. The second-order valence-electron chi connectivity index (χ2n) is 7.38. The molecule has 2 amide bonds. The molecule has 7 heteroatoms. The number of hydrogen-bond acceptors (Lipinski definition) is 5. The number of anilines is 1. The van der Waals surface area contributed by atoms with E-state index >= 15 is 0 Å². The molecule has 1 fully saturated rings. The third-order valence-corrected chi connectivity index (χ3v) is 5.04. The van der Waals surface area contributed by atoms with Crippen LogP contribution in [0.3, 0.4) is 0 Å². The van der Waals surface area contributed by atoms with Gasteiger partial charge in [-0.1, -0.05) is 26.2 Å². The van der Waals surface area contributed by atoms with E-state index in [1.807, 2.05) is 13.8 Å². The van der Waals surface area contributed by atoms with Gasteiger partial charge in [-0.2, -0.15) is 0 Å². The van der Waals surface area contributed by atoms with Gasteiger partial charge in [-0.05, 0) is 44.5 Å². The van der Waals surface area contributed by atoms with E-state index in [0.29, 0.717) is 50.8 Å². The number of ether oxygens (including phenoxy) is 3. The van der Waals surface area contributed by atoms with E-state index in [9.17, 15) is 9.59 Å². The Morgan fingerprint density at radius 3 is 2.45 bits per heavy atom. The Bertz CT molecular complexity index is 643. The molecule has 162 valence electrons. The fraction of sp³-hybridized carbons (Fsp3) is 0.636. The Balaban J connectivity index is 1.86. The van der Waals surface area contributed by atoms with Crippen LogP contribution in [-0.4, -0.2) is 61.8 Å². The second kappa shape index (κ2) is 11.8. The molecule has 0 radical (unpaired) electrons. The highest BCUT2D eigenvalue weighted by molar-refractivity contribution is 5.97. The van der Waals surface area contributed by atoms with Gasteiger partial charge in [0.2, 0.25) is 0 Å². The van der Waals surface area contributed by atoms with E-state index in [1.54, 1.807) is 29.2 Å². The van der Waals surface area contributed by atoms with Gasteiger partial charge in [-0.25, -0.2) is 0 Å². The molecule has 1 aromatic rings. The summed E-state index contributed by atoms with van der Waals surface area (Å²) >= 11 is 0. The highest BCUT2D eigenvalue weighted by Gasteiger charge is 2.33. The van der Waals surface area contributed by atoms with E-state index in [2.05, 4.69) is 12.2 Å². The topological polar surface area (TPSA) is 77.1 Å². The number of carbonyl (C=O) groups excluding carboxylic acids is 2. The van der Waals surface area contributed by atoms with Crippen molar-refractivity contribution in [1.29, 1.82) is 0 Å². The van der Waals surface area contributed by atoms with Gasteiger partial charge in [0.05, 0.1) is 13.2 Å². The fourth-order valence-electron chi connectivity index (χ4n) is 3.23. The van der Waals surface area contributed by atoms with Gasteiger partial charge < -0.3 is 24.4 Å². The lowest BCUT2D eigenvalue weighted by atomic mass is 9.96. The van der Waals surface area contributed by atoms with Gasteiger partial charge in [0.15, 0.2) is 6.61 Å². The molecule has 1 heterocycles. The van der Waals surface area contributed by atoms with Crippen molar-refractivity contribution >= 4 is 17.5 Å². The zero-order valence-electron chi connectivity index (χ0n) is 17.9. The van der Waals surface area contributed by atoms with Crippen molar-refractivity contribution < 1.29 is 23.8 Å². The standard InChI is InChI=1S/C22H34N2O5/c1-4-6-7-12-22(3,29-5-2)21(26)23-18-8-10-19(11-9-18)28-17-20(25)24-13-15-27-16-14-24/h8-11H,4-7,12-17H2,1-3H3,(H,23,26)/t22-/m1/s1. The lowest BCUT2D eigenvalue weighted by Gasteiger charge is -2.28. The maximum Gasteiger partial charge on any atom is 0.260 e. The molecule has 0 saturated carbocycles. The van der Waals surface area contributed by atoms with Crippen LogP contribution in [0.4, 0.5) is 5.69 Å². The van der Waals surface area contributed by atoms with Gasteiger partial charge >= 0.3 is 0 Å². The number of nitrogens with zero attached hydrogens (tertiary/aromatic N) is 1. The SMILES string of the molecule is CCCCC[C@@](C)(OCC)C(=O)Nc1ccc(OCC(=O)N2CCOCC2)cc1. The minimum absolute atomic E-state index is 0.00839. The molecule has 0 spiro atoms. The Morgan fingerprint density at radius 2 is 1.83 bits per heavy atom. The number of nitrogens with one attached hydrogen (secondary N) is 1. The summed E-state index contributed by atoms with van der Waals surface area (Å²) < 4.78 is 16.6. The zero-order valence-corrected chi connectivity index (χ0v) is 17.9. The minimum atomic E-state index is -0.844. The number of unbranched alkanes of at least 4 members (excludes halogenated alkanes) is 2. The molecule has 0 bridgehead atoms. The molecule has 2 rings (SSSR count). The molecule has 0 aromatic heterocycles. The summed E-state index contributed by atoms with van der Waals surface area (Å²) in [5.41, 5.74) is -0.174. The van der Waals surface area contributed by atoms with E-state index in [1.165, 1.54) is 0 Å². The minimum Gasteiger partial charge on any atom is -0.484 e. The van der Waals surface area contributed by atoms with Gasteiger partial charge in [0.1, 0.15) is 11.4 Å². The van der Waals surface area contributed by atoms with Crippen molar-refractivity contribution in [1.82, 2.24) is 4.90 Å². The van der Waals surface area contributed by atoms with Gasteiger partial charge in [-0.15, -0.1) is 0 Å². The van der Waals surface area contributed by atoms with Crippen LogP contribution in [0, 0.1) is 0 Å². The first-order chi connectivity index (χ1) is 14.0. The molecule has 1 saturated heterocycles. The number of morpholine rings is 1. The molecule has 1 N–H and O–H groups in total. The fourth-order valence-corrected chi connectivity index (χ4v) is 3.23. The van der Waals surface area contributed by atoms with Gasteiger partial charge in [-0.3, -0.25) is 9.59 Å². The first-order valence-electron chi connectivity index (χ1n) is 10.5. The summed E-state index contributed by atoms with van der Waals surface area (Å²) in [6.07, 6.45) is 3.81. The van der Waals surface area contributed by atoms with Crippen molar-refractivity contribution in [3.8, 4) is 5.75 Å². The van der Waals surface area contributed by atoms with Crippen LogP contribution in [-0.2, 0) is 19.1 Å². The van der Waals surface area contributed by atoms with E-state index < -0.39 is 5.60 Å². The number of carbonyl (C=O) groups is 2. The molecular weight excluding hydrogens is 372 g/mol. The summed E-state index contributed by atoms with van der Waals surface area (Å²) in [5.74, 6) is 0.386. The first-order valence-corrected chi connectivity index (χ1v) is 10.5. The molecular formula is C22H34N2O5. The van der Waals surface area contributed by atoms with E-state index in [4.69, 9.17) is 14.2 Å². The van der Waals surface area contributed by atoms with Gasteiger partial charge in [0.25, 0.3) is 11.8 Å². The highest BCUT2D eigenvalue weighted by atomic mass is 16.5. The summed E-state index contributed by atoms with van der Waals surface area (Å²) in [6.45, 7) is 8.69. The Morgan fingerprint density at radius 1 is 1.14 bits per heavy atom. The van der Waals surface area contributed by atoms with Crippen molar-refractivity contribution in [3.05, 3.63) is 24.3 Å². The predicted molar refractivity (Wildman–Crippen MR) is 112 cm³/mol. The molecule has 1 aliphatic heterocycles. The maximum absolute atomic E-state index is 12.8. The number of hydrogen-bond donors (Lipinski definition) is 1. The quantitative estimate of drug-likeness (QED) is 0.571. The van der Waals surface area contributed by atoms with Crippen molar-refractivity contribution in [2.45, 2.75) is 52.1 Å². The lowest BCUT2D eigenvalue weighted by Crippen LogP contribution is -2.43. The highest BCUT2D eigenvalue weighted by Crippen LogP contribution is 2.23. The maximum atomic E-state index is 12.8. The van der Waals surface area contributed by atoms with Crippen LogP contribution in [0.25, 0.3) is 0 Å². The molecule has 29 heavy (non-hydrogen) atoms. The summed E-state index contributed by atoms with van der Waals surface area (Å²) in [4.78, 5) is 26.6. The van der Waals surface area contributed by atoms with Crippen LogP contribution < -0.4 is 10.1 Å². The van der Waals surface area contributed by atoms with Crippen LogP contribution >= 0.6 is 0 Å². The predicted octanol–water partition coefficient (Wildman–Crippen LogP) is 3.24. The summed E-state index contributed by atoms with van der Waals surface area (Å²) in [5, 5.41) is 2.93. The number of amides is 2. The molecule has 1 atom stereocenters. The third-order valence-electron chi connectivity index (χ3n) is 5.04. The number of benzene rings is 1. The van der Waals surface area contributed by atoms with Gasteiger partial charge in [0, 0.05) is 25.4 Å². The number of rotatable bonds is 11. The molecule has 1 aromatic carbocycles. The van der Waals surface area contributed by atoms with Crippen LogP contribution in [0.15, 0.2) is 24.3 Å². The van der Waals surface area contributed by atoms with Crippen molar-refractivity contribution in [2.24, 2.45) is 0 Å². The Labute approximate surface area is 173 Å². The monoisotopic (exact) mass is 406 g/mol. The average molecular weight is 407 g/mol. The third kappa shape index (κ3) is 7.33. The van der Waals surface area contributed by atoms with Crippen LogP contribution in [0.5, 0.6) is 5.75 Å². The average Bonchev–Trinajstić information content (AvgIpc) is 2.74. The largest absolute Gasteiger partial charge is 0.484 e. The molecule has 0 aliphatic carbocycles. The second-order valence-corrected chi connectivity index (χ2v) is 7.38. The zero-order chi connectivity index (χ0) is 21.1. The van der Waals surface area contributed by atoms with Crippen LogP contribution in [0.2, 0.25) is 0 Å². The summed E-state index contributed by atoms with van der Waals surface area (Å²) in [6, 6.07) is 7.03. The molecule has 7 nitrogen and oxygen atoms in total. The molecule has 0 unspecified atom stereocenters. The first kappa shape index (κ1) is 23.2. The van der Waals surface area contributed by atoms with Crippen LogP contribution in [0.1, 0.15) is 46.5 Å². The van der Waals surface area contributed by atoms with E-state index in [-0.39, 0.29) is 18.4 Å². The lowest BCUT2D eigenvalue weighted by molar-refractivity contribution is -0.139.